The molecule has 2 aliphatic rings. The van der Waals surface area contributed by atoms with Gasteiger partial charge in [-0.3, -0.25) is 14.3 Å². The van der Waals surface area contributed by atoms with Crippen LogP contribution in [0.3, 0.4) is 0 Å². The largest absolute Gasteiger partial charge is 0.497 e. The lowest BCUT2D eigenvalue weighted by atomic mass is 9.82. The monoisotopic (exact) mass is 748 g/mol. The summed E-state index contributed by atoms with van der Waals surface area (Å²) in [7, 11) is -1.83. The number of aryl methyl sites for hydroxylation is 1. The molecule has 1 unspecified atom stereocenters. The summed E-state index contributed by atoms with van der Waals surface area (Å²) in [6.07, 6.45) is 1.64. The second-order valence-corrected chi connectivity index (χ2v) is 18.5. The number of aliphatic hydroxyl groups is 1. The number of benzene rings is 4. The first-order valence-corrected chi connectivity index (χ1v) is 21.1. The zero-order chi connectivity index (χ0) is 38.2. The van der Waals surface area contributed by atoms with Gasteiger partial charge < -0.3 is 34.6 Å². The van der Waals surface area contributed by atoms with E-state index in [4.69, 9.17) is 15.2 Å². The minimum Gasteiger partial charge on any atom is -0.497 e. The Kier molecular flexibility index (Phi) is 10.1. The van der Waals surface area contributed by atoms with Crippen LogP contribution in [0.2, 0.25) is 18.6 Å². The summed E-state index contributed by atoms with van der Waals surface area (Å²) in [6.45, 7) is 5.80. The van der Waals surface area contributed by atoms with Crippen LogP contribution in [0.15, 0.2) is 103 Å². The number of rotatable bonds is 12. The molecule has 1 aromatic heterocycles. The number of fused-ring (bicyclic) bond motifs is 2. The highest BCUT2D eigenvalue weighted by atomic mass is 28.4. The van der Waals surface area contributed by atoms with Crippen LogP contribution in [0.5, 0.6) is 5.75 Å². The van der Waals surface area contributed by atoms with Gasteiger partial charge in [0.15, 0.2) is 5.60 Å². The van der Waals surface area contributed by atoms with Crippen molar-refractivity contribution < 1.29 is 28.3 Å². The Morgan fingerprint density at radius 1 is 1.07 bits per heavy atom. The van der Waals surface area contributed by atoms with Gasteiger partial charge in [0.05, 0.1) is 43.7 Å². The van der Waals surface area contributed by atoms with Crippen LogP contribution in [-0.2, 0) is 28.2 Å². The minimum atomic E-state index is -3.41. The topological polar surface area (TPSA) is 145 Å². The lowest BCUT2D eigenvalue weighted by molar-refractivity contribution is -0.146. The number of carbonyl (C=O) groups is 2. The second-order valence-electron chi connectivity index (χ2n) is 14.7. The molecule has 2 aliphatic heterocycles. The lowest BCUT2D eigenvalue weighted by Crippen LogP contribution is -2.45. The van der Waals surface area contributed by atoms with Crippen molar-refractivity contribution in [2.45, 2.75) is 62.7 Å². The van der Waals surface area contributed by atoms with Crippen LogP contribution in [0.1, 0.15) is 52.0 Å². The van der Waals surface area contributed by atoms with Crippen molar-refractivity contribution in [2.24, 2.45) is 5.92 Å². The maximum Gasteiger partial charge on any atom is 0.264 e. The summed E-state index contributed by atoms with van der Waals surface area (Å²) in [5, 5.41) is 21.8. The van der Waals surface area contributed by atoms with Crippen LogP contribution in [0.25, 0.3) is 0 Å². The zero-order valence-electron chi connectivity index (χ0n) is 30.8. The average Bonchev–Trinajstić information content (AvgIpc) is 3.82. The molecule has 0 saturated carbocycles. The number of hydrogen-bond acceptors (Lipinski definition) is 8. The lowest BCUT2D eigenvalue weighted by Gasteiger charge is -2.31. The van der Waals surface area contributed by atoms with E-state index in [2.05, 4.69) is 15.6 Å². The number of carbonyl (C=O) groups excluding carboxylic acids is 2. The molecule has 280 valence electrons. The fraction of sp³-hybridized carbons (Fsp3) is 0.317. The number of nitrogens with two attached hydrogens (primary N) is 1. The Labute approximate surface area is 315 Å². The molecule has 5 atom stereocenters. The van der Waals surface area contributed by atoms with Crippen molar-refractivity contribution in [3.63, 3.8) is 0 Å². The van der Waals surface area contributed by atoms with E-state index >= 15 is 4.11 Å². The van der Waals surface area contributed by atoms with E-state index in [0.717, 1.165) is 11.1 Å². The molecule has 54 heavy (non-hydrogen) atoms. The van der Waals surface area contributed by atoms with Gasteiger partial charge in [-0.2, -0.15) is 0 Å². The fourth-order valence-electron chi connectivity index (χ4n) is 8.19. The predicted molar refractivity (Wildman–Crippen MR) is 207 cm³/mol. The summed E-state index contributed by atoms with van der Waals surface area (Å²) in [6, 6.07) is 29.2. The minimum absolute atomic E-state index is 0.120. The van der Waals surface area contributed by atoms with Gasteiger partial charge in [-0.1, -0.05) is 54.6 Å². The number of amides is 2. The smallest absolute Gasteiger partial charge is 0.264 e. The number of methoxy groups -OCH3 is 1. The third kappa shape index (κ3) is 6.90. The molecule has 13 heteroatoms. The van der Waals surface area contributed by atoms with Crippen LogP contribution in [0.4, 0.5) is 21.2 Å². The summed E-state index contributed by atoms with van der Waals surface area (Å²) in [5.74, 6) is -0.741. The summed E-state index contributed by atoms with van der Waals surface area (Å²) < 4.78 is 30.7. The molecule has 1 spiro atoms. The second kappa shape index (κ2) is 14.8. The number of nitrogens with zero attached hydrogens (tertiary/aromatic N) is 4. The number of ether oxygens (including phenoxy) is 2. The molecule has 0 aliphatic carbocycles. The number of nitrogens with one attached hydrogen (secondary N) is 1. The highest BCUT2D eigenvalue weighted by Crippen LogP contribution is 2.60. The molecule has 11 nitrogen and oxygen atoms in total. The molecule has 1 saturated heterocycles. The first-order chi connectivity index (χ1) is 25.9. The molecule has 0 bridgehead atoms. The van der Waals surface area contributed by atoms with E-state index < -0.39 is 31.6 Å². The van der Waals surface area contributed by atoms with Gasteiger partial charge in [0, 0.05) is 46.7 Å². The third-order valence-electron chi connectivity index (χ3n) is 10.8. The molecule has 4 aromatic carbocycles. The van der Waals surface area contributed by atoms with Gasteiger partial charge >= 0.3 is 0 Å². The standard InChI is InChI=1S/C41H45FN6O5Si/c1-26-38(54(3,4)42)37(20-21-47-24-35(45-46-47)33(25-49)28-8-6-5-7-9-28)53-41(26)34-22-32(52-2)18-19-36(34)48(40(41)51)23-27-10-16-31(17-11-27)44-39(50)29-12-14-30(43)15-13-29/h5-19,22,24,26,33,37-38,49H,20-21,23,25,43H2,1-4H3,(H,44,50)/t26-,33?,37+,38-,41+/m1/s1. The van der Waals surface area contributed by atoms with E-state index in [-0.39, 0.29) is 30.9 Å². The van der Waals surface area contributed by atoms with E-state index in [1.165, 1.54) is 0 Å². The molecule has 2 amide bonds. The maximum atomic E-state index is 16.5. The molecule has 0 radical (unpaired) electrons. The molecule has 5 aromatic rings. The number of halogens is 1. The first kappa shape index (κ1) is 37.0. The highest BCUT2D eigenvalue weighted by molar-refractivity contribution is 6.72. The van der Waals surface area contributed by atoms with E-state index in [1.54, 1.807) is 66.2 Å². The molecule has 3 heterocycles. The van der Waals surface area contributed by atoms with Gasteiger partial charge in [0.1, 0.15) is 5.75 Å². The Morgan fingerprint density at radius 2 is 1.80 bits per heavy atom. The van der Waals surface area contributed by atoms with Gasteiger partial charge in [-0.05, 0) is 85.2 Å². The Hall–Kier alpha value is -5.37. The number of nitrogen functional groups attached to an aromatic ring is 1. The van der Waals surface area contributed by atoms with Gasteiger partial charge in [0.2, 0.25) is 8.41 Å². The number of hydrogen-bond donors (Lipinski definition) is 3. The van der Waals surface area contributed by atoms with Gasteiger partial charge in [0.25, 0.3) is 11.8 Å². The quantitative estimate of drug-likeness (QED) is 0.0731. The van der Waals surface area contributed by atoms with Gasteiger partial charge in [-0.15, -0.1) is 5.10 Å². The van der Waals surface area contributed by atoms with Gasteiger partial charge in [-0.25, -0.2) is 0 Å². The van der Waals surface area contributed by atoms with Crippen molar-refractivity contribution in [2.75, 3.05) is 29.7 Å². The SMILES string of the molecule is COc1ccc2c(c1)[C@]1(O[C@@H](CCn3cc(C(CO)c4ccccc4)nn3)[C@H]([Si](C)(C)F)[C@H]1C)C(=O)N2Cc1ccc(NC(=O)c2ccc(N)cc2)cc1. The fourth-order valence-corrected chi connectivity index (χ4v) is 10.7. The van der Waals surface area contributed by atoms with Crippen molar-refractivity contribution >= 4 is 37.3 Å². The average molecular weight is 749 g/mol. The number of aliphatic hydroxyl groups excluding tert-OH is 1. The van der Waals surface area contributed by atoms with Crippen LogP contribution in [-0.4, -0.2) is 60.1 Å². The van der Waals surface area contributed by atoms with Crippen LogP contribution in [0, 0.1) is 5.92 Å². The van der Waals surface area contributed by atoms with Crippen LogP contribution < -0.4 is 20.7 Å². The molecular weight excluding hydrogens is 704 g/mol. The third-order valence-corrected chi connectivity index (χ3v) is 13.3. The van der Waals surface area contributed by atoms with Crippen molar-refractivity contribution in [1.82, 2.24) is 15.0 Å². The maximum absolute atomic E-state index is 16.5. The van der Waals surface area contributed by atoms with Crippen molar-refractivity contribution in [3.05, 3.63) is 131 Å². The molecule has 7 rings (SSSR count). The normalized spacial score (nSPS) is 21.3. The Balaban J connectivity index is 1.13. The van der Waals surface area contributed by atoms with E-state index in [1.807, 2.05) is 73.8 Å². The van der Waals surface area contributed by atoms with Crippen molar-refractivity contribution in [3.8, 4) is 5.75 Å². The number of anilines is 3. The molecule has 1 fully saturated rings. The van der Waals surface area contributed by atoms with E-state index in [0.29, 0.717) is 52.6 Å². The zero-order valence-corrected chi connectivity index (χ0v) is 31.8. The highest BCUT2D eigenvalue weighted by Gasteiger charge is 2.66. The van der Waals surface area contributed by atoms with E-state index in [9.17, 15) is 14.7 Å². The Bertz CT molecular complexity index is 2120. The molecular formula is C41H45FN6O5Si. The summed E-state index contributed by atoms with van der Waals surface area (Å²) in [5.41, 5.74) is 9.25. The van der Waals surface area contributed by atoms with Crippen molar-refractivity contribution in [1.29, 1.82) is 0 Å². The summed E-state index contributed by atoms with van der Waals surface area (Å²) >= 11 is 0. The Morgan fingerprint density at radius 3 is 2.46 bits per heavy atom. The predicted octanol–water partition coefficient (Wildman–Crippen LogP) is 6.66. The van der Waals surface area contributed by atoms with Crippen LogP contribution >= 0.6 is 0 Å². The summed E-state index contributed by atoms with van der Waals surface area (Å²) in [4.78, 5) is 29.3. The molecule has 4 N–H and O–H groups in total. The first-order valence-electron chi connectivity index (χ1n) is 18.1. The number of aromatic nitrogens is 3.